The number of rotatable bonds is 2. The largest absolute Gasteiger partial charge is 0.337 e. The number of amides is 1. The minimum atomic E-state index is 0.383. The third-order valence-electron chi connectivity index (χ3n) is 6.27. The van der Waals surface area contributed by atoms with E-state index in [9.17, 15) is 4.79 Å². The number of carbonyl (C=O) groups is 1. The molecule has 0 aromatic carbocycles. The van der Waals surface area contributed by atoms with Gasteiger partial charge in [0.25, 0.3) is 0 Å². The summed E-state index contributed by atoms with van der Waals surface area (Å²) in [5, 5.41) is 0.652. The second kappa shape index (κ2) is 4.82. The average Bonchev–Trinajstić information content (AvgIpc) is 2.29. The van der Waals surface area contributed by atoms with Crippen molar-refractivity contribution in [3.05, 3.63) is 0 Å². The van der Waals surface area contributed by atoms with Crippen LogP contribution >= 0.6 is 0 Å². The van der Waals surface area contributed by atoms with Crippen molar-refractivity contribution in [3.63, 3.8) is 0 Å². The van der Waals surface area contributed by atoms with E-state index in [4.69, 9.17) is 0 Å². The van der Waals surface area contributed by atoms with Crippen molar-refractivity contribution in [2.24, 2.45) is 5.92 Å². The lowest BCUT2D eigenvalue weighted by molar-refractivity contribution is -0.142. The maximum atomic E-state index is 12.3. The number of fused-ring (bicyclic) bond motifs is 1. The molecule has 19 heavy (non-hydrogen) atoms. The number of nitrogens with zero attached hydrogens (tertiary/aromatic N) is 1. The van der Waals surface area contributed by atoms with Crippen LogP contribution in [0, 0.1) is 5.92 Å². The molecule has 4 atom stereocenters. The summed E-state index contributed by atoms with van der Waals surface area (Å²) in [4.78, 5) is 14.5. The maximum absolute atomic E-state index is 12.3. The Balaban J connectivity index is 1.79. The summed E-state index contributed by atoms with van der Waals surface area (Å²) in [7, 11) is 1.47. The fraction of sp³-hybridized carbons (Fsp3) is 0.938. The van der Waals surface area contributed by atoms with Gasteiger partial charge in [0.1, 0.15) is 7.28 Å². The van der Waals surface area contributed by atoms with E-state index in [-0.39, 0.29) is 0 Å². The Morgan fingerprint density at radius 1 is 1.42 bits per heavy atom. The van der Waals surface area contributed by atoms with Crippen LogP contribution in [0.4, 0.5) is 0 Å². The zero-order valence-electron chi connectivity index (χ0n) is 12.8. The molecule has 1 amide bonds. The average molecular weight is 261 g/mol. The minimum absolute atomic E-state index is 0.383. The number of carbonyl (C=O) groups excluding carboxylic acids is 1. The van der Waals surface area contributed by atoms with Gasteiger partial charge in [-0.25, -0.2) is 0 Å². The van der Waals surface area contributed by atoms with Crippen LogP contribution in [0.3, 0.4) is 0 Å². The van der Waals surface area contributed by atoms with Gasteiger partial charge in [-0.05, 0) is 32.6 Å². The second-order valence-corrected chi connectivity index (χ2v) is 7.66. The van der Waals surface area contributed by atoms with Crippen LogP contribution in [-0.4, -0.2) is 30.2 Å². The van der Waals surface area contributed by atoms with E-state index in [0.29, 0.717) is 23.3 Å². The number of piperidine rings is 1. The lowest BCUT2D eigenvalue weighted by Gasteiger charge is -2.55. The monoisotopic (exact) mass is 261 g/mol. The standard InChI is InChI=1S/C16H28BNO/c1-4-16-8-7-14-12(9-13(10-16)17-16)5-6-15(19)18(14)11(2)3/h11-14,17H,4-10H2,1-3H3. The molecule has 0 aromatic heterocycles. The third-order valence-corrected chi connectivity index (χ3v) is 6.27. The minimum Gasteiger partial charge on any atom is -0.337 e. The predicted octanol–water partition coefficient (Wildman–Crippen LogP) is 3.38. The summed E-state index contributed by atoms with van der Waals surface area (Å²) in [6.07, 6.45) is 8.78. The highest BCUT2D eigenvalue weighted by Gasteiger charge is 2.49. The molecule has 0 spiro atoms. The molecule has 0 radical (unpaired) electrons. The quantitative estimate of drug-likeness (QED) is 0.698. The summed E-state index contributed by atoms with van der Waals surface area (Å²) >= 11 is 0. The fourth-order valence-corrected chi connectivity index (χ4v) is 5.25. The van der Waals surface area contributed by atoms with E-state index in [0.717, 1.165) is 24.6 Å². The van der Waals surface area contributed by atoms with Crippen molar-refractivity contribution in [3.8, 4) is 0 Å². The first-order chi connectivity index (χ1) is 9.04. The molecule has 1 aliphatic carbocycles. The first kappa shape index (κ1) is 13.5. The second-order valence-electron chi connectivity index (χ2n) is 7.66. The van der Waals surface area contributed by atoms with Crippen molar-refractivity contribution in [2.75, 3.05) is 0 Å². The van der Waals surface area contributed by atoms with Gasteiger partial charge in [-0.15, -0.1) is 0 Å². The Morgan fingerprint density at radius 2 is 2.16 bits per heavy atom. The normalized spacial score (nSPS) is 42.0. The van der Waals surface area contributed by atoms with Gasteiger partial charge >= 0.3 is 0 Å². The van der Waals surface area contributed by atoms with E-state index >= 15 is 0 Å². The summed E-state index contributed by atoms with van der Waals surface area (Å²) in [5.41, 5.74) is 0. The van der Waals surface area contributed by atoms with Crippen molar-refractivity contribution in [2.45, 2.75) is 88.9 Å². The van der Waals surface area contributed by atoms with Crippen molar-refractivity contribution in [1.82, 2.24) is 4.90 Å². The van der Waals surface area contributed by atoms with Crippen LogP contribution in [0.25, 0.3) is 0 Å². The Hall–Kier alpha value is -0.465. The zero-order chi connectivity index (χ0) is 13.6. The fourth-order valence-electron chi connectivity index (χ4n) is 5.25. The highest BCUT2D eigenvalue weighted by atomic mass is 16.2. The van der Waals surface area contributed by atoms with Gasteiger partial charge in [-0.2, -0.15) is 0 Å². The molecule has 4 rings (SSSR count). The molecular formula is C16H28BNO. The van der Waals surface area contributed by atoms with E-state index in [2.05, 4.69) is 25.7 Å². The Morgan fingerprint density at radius 3 is 2.79 bits per heavy atom. The molecule has 3 saturated heterocycles. The first-order valence-electron chi connectivity index (χ1n) is 8.36. The molecule has 4 aliphatic rings. The van der Waals surface area contributed by atoms with Crippen molar-refractivity contribution in [1.29, 1.82) is 0 Å². The summed E-state index contributed by atoms with van der Waals surface area (Å²) < 4.78 is 0. The third kappa shape index (κ3) is 2.23. The van der Waals surface area contributed by atoms with Crippen LogP contribution < -0.4 is 0 Å². The molecule has 106 valence electrons. The smallest absolute Gasteiger partial charge is 0.223 e. The van der Waals surface area contributed by atoms with E-state index in [1.807, 2.05) is 0 Å². The summed E-state index contributed by atoms with van der Waals surface area (Å²) in [6.45, 7) is 6.74. The van der Waals surface area contributed by atoms with Crippen LogP contribution in [0.15, 0.2) is 0 Å². The summed E-state index contributed by atoms with van der Waals surface area (Å²) in [6, 6.07) is 0.934. The summed E-state index contributed by atoms with van der Waals surface area (Å²) in [5.74, 6) is 2.17. The van der Waals surface area contributed by atoms with Crippen LogP contribution in [0.1, 0.15) is 65.7 Å². The zero-order valence-corrected chi connectivity index (χ0v) is 12.8. The van der Waals surface area contributed by atoms with Gasteiger partial charge in [0.05, 0.1) is 0 Å². The SMILES string of the molecule is CCC12BC(CC3CCC(=O)N(C(C)C)C3CC1)C2. The molecule has 0 aromatic rings. The molecule has 1 saturated carbocycles. The van der Waals surface area contributed by atoms with E-state index < -0.39 is 0 Å². The van der Waals surface area contributed by atoms with Crippen LogP contribution in [0.2, 0.25) is 11.1 Å². The highest BCUT2D eigenvalue weighted by Crippen LogP contribution is 2.59. The molecule has 0 N–H and O–H groups in total. The van der Waals surface area contributed by atoms with Gasteiger partial charge in [0.15, 0.2) is 0 Å². The van der Waals surface area contributed by atoms with Gasteiger partial charge in [0.2, 0.25) is 5.91 Å². The lowest BCUT2D eigenvalue weighted by Crippen LogP contribution is -2.54. The first-order valence-corrected chi connectivity index (χ1v) is 8.36. The number of likely N-dealkylation sites (tertiary alicyclic amines) is 1. The van der Waals surface area contributed by atoms with Gasteiger partial charge in [-0.1, -0.05) is 43.7 Å². The Kier molecular flexibility index (Phi) is 3.43. The number of hydrogen-bond donors (Lipinski definition) is 0. The van der Waals surface area contributed by atoms with Gasteiger partial charge < -0.3 is 4.90 Å². The van der Waals surface area contributed by atoms with Crippen LogP contribution in [0.5, 0.6) is 0 Å². The molecule has 3 aliphatic heterocycles. The van der Waals surface area contributed by atoms with Crippen molar-refractivity contribution < 1.29 is 4.79 Å². The lowest BCUT2D eigenvalue weighted by atomic mass is 9.28. The molecule has 3 heteroatoms. The predicted molar refractivity (Wildman–Crippen MR) is 80.8 cm³/mol. The van der Waals surface area contributed by atoms with E-state index in [1.54, 1.807) is 0 Å². The Labute approximate surface area is 118 Å². The molecule has 2 bridgehead atoms. The highest BCUT2D eigenvalue weighted by molar-refractivity contribution is 6.46. The number of hydrogen-bond acceptors (Lipinski definition) is 1. The van der Waals surface area contributed by atoms with Gasteiger partial charge in [-0.3, -0.25) is 4.79 Å². The molecule has 4 unspecified atom stereocenters. The topological polar surface area (TPSA) is 20.3 Å². The Bertz CT molecular complexity index is 362. The molecule has 3 heterocycles. The van der Waals surface area contributed by atoms with Crippen LogP contribution in [-0.2, 0) is 4.79 Å². The molecule has 4 fully saturated rings. The molecular weight excluding hydrogens is 233 g/mol. The van der Waals surface area contributed by atoms with E-state index in [1.165, 1.54) is 39.4 Å². The maximum Gasteiger partial charge on any atom is 0.223 e. The van der Waals surface area contributed by atoms with Crippen molar-refractivity contribution >= 4 is 13.2 Å². The van der Waals surface area contributed by atoms with Gasteiger partial charge in [0, 0.05) is 18.5 Å². The molecule has 2 nitrogen and oxygen atoms in total.